The number of nitrogens with zero attached hydrogens (tertiary/aromatic N) is 7. The molecular formula is C25H40N8O2. The van der Waals surface area contributed by atoms with E-state index in [1.165, 1.54) is 4.57 Å². The van der Waals surface area contributed by atoms with Crippen LogP contribution in [0.3, 0.4) is 0 Å². The molecule has 1 aromatic rings. The van der Waals surface area contributed by atoms with Crippen LogP contribution in [0.4, 0.5) is 5.69 Å². The van der Waals surface area contributed by atoms with Gasteiger partial charge in [0.2, 0.25) is 0 Å². The minimum Gasteiger partial charge on any atom is -0.385 e. The molecule has 0 fully saturated rings. The highest BCUT2D eigenvalue weighted by Gasteiger charge is 2.21. The number of aryl methyl sites for hydroxylation is 1. The molecule has 0 aromatic heterocycles. The second-order valence-electron chi connectivity index (χ2n) is 9.89. The summed E-state index contributed by atoms with van der Waals surface area (Å²) in [6, 6.07) is 5.97. The Morgan fingerprint density at radius 3 is 2.03 bits per heavy atom. The standard InChI is InChI=1S/C25H40N8O2/c1-29(2)13-7-12-26-19-10-11-20-21(18-19)32(16-8-14-30(3)4)23-22(27-20)24(34)33(25(35)28-23)17-9-15-31(5)6/h10-11,18,26H,7-9,12-17H2,1-6H3. The number of aromatic nitrogens is 4. The van der Waals surface area contributed by atoms with E-state index < -0.39 is 5.69 Å². The minimum absolute atomic E-state index is 0.249. The molecule has 0 atom stereocenters. The number of hydrogen-bond donors (Lipinski definition) is 1. The average molecular weight is 485 g/mol. The number of rotatable bonds is 13. The predicted molar refractivity (Wildman–Crippen MR) is 143 cm³/mol. The summed E-state index contributed by atoms with van der Waals surface area (Å²) in [5.41, 5.74) is 1.94. The Bertz CT molecular complexity index is 1200. The molecular weight excluding hydrogens is 444 g/mol. The first kappa shape index (κ1) is 26.8. The third-order valence-corrected chi connectivity index (χ3v) is 5.93. The van der Waals surface area contributed by atoms with Crippen molar-refractivity contribution >= 4 is 16.7 Å². The van der Waals surface area contributed by atoms with Gasteiger partial charge >= 0.3 is 5.69 Å². The molecule has 192 valence electrons. The maximum atomic E-state index is 13.3. The lowest BCUT2D eigenvalue weighted by atomic mass is 10.2. The van der Waals surface area contributed by atoms with Crippen molar-refractivity contribution in [3.05, 3.63) is 39.0 Å². The van der Waals surface area contributed by atoms with Crippen LogP contribution in [0.15, 0.2) is 27.8 Å². The SMILES string of the molecule is CN(C)CCCNc1ccc2nc3c(=O)n(CCCN(C)C)c(=O)nc-3n(CCCN(C)C)c2c1. The first-order chi connectivity index (χ1) is 16.7. The molecule has 1 aromatic carbocycles. The highest BCUT2D eigenvalue weighted by Crippen LogP contribution is 2.24. The maximum absolute atomic E-state index is 13.3. The smallest absolute Gasteiger partial charge is 0.352 e. The molecule has 0 unspecified atom stereocenters. The van der Waals surface area contributed by atoms with Crippen molar-refractivity contribution in [2.75, 3.05) is 73.8 Å². The minimum atomic E-state index is -0.512. The van der Waals surface area contributed by atoms with E-state index >= 15 is 0 Å². The Labute approximate surface area is 207 Å². The molecule has 10 heteroatoms. The summed E-state index contributed by atoms with van der Waals surface area (Å²) >= 11 is 0. The van der Waals surface area contributed by atoms with Crippen molar-refractivity contribution in [1.29, 1.82) is 0 Å². The molecule has 3 rings (SSSR count). The average Bonchev–Trinajstić information content (AvgIpc) is 2.78. The van der Waals surface area contributed by atoms with E-state index in [9.17, 15) is 9.59 Å². The highest BCUT2D eigenvalue weighted by molar-refractivity contribution is 5.82. The van der Waals surface area contributed by atoms with Crippen LogP contribution < -0.4 is 16.6 Å². The van der Waals surface area contributed by atoms with E-state index in [1.54, 1.807) is 0 Å². The topological polar surface area (TPSA) is 91.5 Å². The Hall–Kier alpha value is -2.82. The lowest BCUT2D eigenvalue weighted by Gasteiger charge is -2.20. The normalized spacial score (nSPS) is 12.0. The summed E-state index contributed by atoms with van der Waals surface area (Å²) in [5, 5.41) is 3.48. The van der Waals surface area contributed by atoms with Crippen LogP contribution >= 0.6 is 0 Å². The first-order valence-electron chi connectivity index (χ1n) is 12.3. The van der Waals surface area contributed by atoms with Crippen LogP contribution in [0.2, 0.25) is 0 Å². The highest BCUT2D eigenvalue weighted by atomic mass is 16.2. The lowest BCUT2D eigenvalue weighted by molar-refractivity contribution is 0.381. The van der Waals surface area contributed by atoms with Gasteiger partial charge < -0.3 is 24.6 Å². The Morgan fingerprint density at radius 2 is 1.40 bits per heavy atom. The van der Waals surface area contributed by atoms with Gasteiger partial charge in [-0.25, -0.2) is 9.78 Å². The number of nitrogens with one attached hydrogen (secondary N) is 1. The van der Waals surface area contributed by atoms with Gasteiger partial charge in [-0.2, -0.15) is 4.98 Å². The van der Waals surface area contributed by atoms with Crippen LogP contribution in [0, 0.1) is 0 Å². The van der Waals surface area contributed by atoms with Crippen LogP contribution in [-0.2, 0) is 13.1 Å². The number of benzene rings is 1. The molecule has 1 N–H and O–H groups in total. The molecule has 35 heavy (non-hydrogen) atoms. The third kappa shape index (κ3) is 7.09. The van der Waals surface area contributed by atoms with Crippen molar-refractivity contribution in [2.24, 2.45) is 0 Å². The second-order valence-corrected chi connectivity index (χ2v) is 9.89. The van der Waals surface area contributed by atoms with Gasteiger partial charge in [-0.15, -0.1) is 0 Å². The molecule has 0 amide bonds. The summed E-state index contributed by atoms with van der Waals surface area (Å²) < 4.78 is 3.20. The van der Waals surface area contributed by atoms with Crippen LogP contribution in [0.1, 0.15) is 19.3 Å². The molecule has 0 spiro atoms. The fraction of sp³-hybridized carbons (Fsp3) is 0.600. The quantitative estimate of drug-likeness (QED) is 0.287. The summed E-state index contributed by atoms with van der Waals surface area (Å²) in [6.45, 7) is 4.49. The van der Waals surface area contributed by atoms with Crippen molar-refractivity contribution in [3.8, 4) is 11.5 Å². The van der Waals surface area contributed by atoms with E-state index in [0.29, 0.717) is 25.3 Å². The fourth-order valence-corrected chi connectivity index (χ4v) is 4.12. The van der Waals surface area contributed by atoms with Crippen LogP contribution in [0.5, 0.6) is 0 Å². The zero-order valence-corrected chi connectivity index (χ0v) is 22.0. The Morgan fingerprint density at radius 1 is 0.800 bits per heavy atom. The number of anilines is 1. The van der Waals surface area contributed by atoms with E-state index in [-0.39, 0.29) is 11.3 Å². The zero-order chi connectivity index (χ0) is 25.5. The lowest BCUT2D eigenvalue weighted by Crippen LogP contribution is -2.39. The van der Waals surface area contributed by atoms with Crippen molar-refractivity contribution in [1.82, 2.24) is 33.8 Å². The summed E-state index contributed by atoms with van der Waals surface area (Å²) in [4.78, 5) is 41.5. The van der Waals surface area contributed by atoms with Gasteiger partial charge in [0.1, 0.15) is 0 Å². The largest absolute Gasteiger partial charge is 0.385 e. The van der Waals surface area contributed by atoms with E-state index in [1.807, 2.05) is 55.9 Å². The zero-order valence-electron chi connectivity index (χ0n) is 22.0. The Kier molecular flexibility index (Phi) is 9.36. The van der Waals surface area contributed by atoms with E-state index in [4.69, 9.17) is 0 Å². The third-order valence-electron chi connectivity index (χ3n) is 5.93. The number of fused-ring (bicyclic) bond motifs is 2. The number of hydrogen-bond acceptors (Lipinski definition) is 8. The second kappa shape index (κ2) is 12.2. The van der Waals surface area contributed by atoms with Crippen LogP contribution in [0.25, 0.3) is 22.6 Å². The molecule has 0 saturated carbocycles. The van der Waals surface area contributed by atoms with Gasteiger partial charge in [-0.1, -0.05) is 0 Å². The molecule has 0 radical (unpaired) electrons. The maximum Gasteiger partial charge on any atom is 0.352 e. The molecule has 0 bridgehead atoms. The predicted octanol–water partition coefficient (Wildman–Crippen LogP) is 1.33. The van der Waals surface area contributed by atoms with Gasteiger partial charge in [0, 0.05) is 25.3 Å². The van der Waals surface area contributed by atoms with E-state index in [2.05, 4.69) is 39.2 Å². The van der Waals surface area contributed by atoms with Crippen molar-refractivity contribution in [3.63, 3.8) is 0 Å². The van der Waals surface area contributed by atoms with Crippen LogP contribution in [-0.4, -0.2) is 102 Å². The van der Waals surface area contributed by atoms with Gasteiger partial charge in [-0.05, 0) is 99.4 Å². The van der Waals surface area contributed by atoms with E-state index in [0.717, 1.165) is 55.7 Å². The molecule has 0 aliphatic carbocycles. The molecule has 0 saturated heterocycles. The molecule has 2 heterocycles. The Balaban J connectivity index is 2.04. The van der Waals surface area contributed by atoms with Crippen molar-refractivity contribution < 1.29 is 0 Å². The summed E-state index contributed by atoms with van der Waals surface area (Å²) in [6.07, 6.45) is 2.57. The first-order valence-corrected chi connectivity index (χ1v) is 12.3. The van der Waals surface area contributed by atoms with Crippen molar-refractivity contribution in [2.45, 2.75) is 32.4 Å². The summed E-state index contributed by atoms with van der Waals surface area (Å²) in [5.74, 6) is 0.361. The van der Waals surface area contributed by atoms with Gasteiger partial charge in [0.25, 0.3) is 5.56 Å². The molecule has 2 aliphatic rings. The summed E-state index contributed by atoms with van der Waals surface area (Å²) in [7, 11) is 12.1. The monoisotopic (exact) mass is 484 g/mol. The van der Waals surface area contributed by atoms with Gasteiger partial charge in [0.05, 0.1) is 11.0 Å². The molecule has 10 nitrogen and oxygen atoms in total. The fourth-order valence-electron chi connectivity index (χ4n) is 4.12. The van der Waals surface area contributed by atoms with Gasteiger partial charge in [0.15, 0.2) is 11.5 Å². The van der Waals surface area contributed by atoms with Gasteiger partial charge in [-0.3, -0.25) is 9.36 Å². The molecule has 2 aliphatic heterocycles.